The van der Waals surface area contributed by atoms with Crippen molar-refractivity contribution in [2.45, 2.75) is 38.6 Å². The van der Waals surface area contributed by atoms with Gasteiger partial charge in [0.1, 0.15) is 5.82 Å². The second-order valence-electron chi connectivity index (χ2n) is 7.66. The lowest BCUT2D eigenvalue weighted by molar-refractivity contribution is 0.0208. The molecule has 0 radical (unpaired) electrons. The fourth-order valence-corrected chi connectivity index (χ4v) is 4.27. The lowest BCUT2D eigenvalue weighted by Crippen LogP contribution is -2.40. The Hall–Kier alpha value is -1.82. The van der Waals surface area contributed by atoms with E-state index in [9.17, 15) is 4.79 Å². The normalized spacial score (nSPS) is 22.6. The molecule has 3 saturated heterocycles. The van der Waals surface area contributed by atoms with Crippen LogP contribution in [-0.2, 0) is 11.3 Å². The summed E-state index contributed by atoms with van der Waals surface area (Å²) in [6, 6.07) is 4.19. The van der Waals surface area contributed by atoms with Gasteiger partial charge in [0.05, 0.1) is 0 Å². The zero-order valence-corrected chi connectivity index (χ0v) is 14.9. The number of carbonyl (C=O) groups is 1. The Labute approximate surface area is 149 Å². The number of hydrogen-bond donors (Lipinski definition) is 1. The maximum absolute atomic E-state index is 12.5. The van der Waals surface area contributed by atoms with Crippen molar-refractivity contribution in [1.82, 2.24) is 15.2 Å². The molecule has 1 aromatic heterocycles. The van der Waals surface area contributed by atoms with Crippen LogP contribution in [0.15, 0.2) is 18.3 Å². The minimum atomic E-state index is 0.0481. The van der Waals surface area contributed by atoms with Crippen LogP contribution in [0.4, 0.5) is 10.6 Å². The van der Waals surface area contributed by atoms with Gasteiger partial charge in [-0.05, 0) is 49.1 Å². The number of rotatable bonds is 3. The molecule has 3 aliphatic heterocycles. The van der Waals surface area contributed by atoms with Gasteiger partial charge < -0.3 is 19.9 Å². The molecule has 4 rings (SSSR count). The molecule has 1 N–H and O–H groups in total. The molecule has 6 nitrogen and oxygen atoms in total. The molecule has 6 heteroatoms. The summed E-state index contributed by atoms with van der Waals surface area (Å²) in [7, 11) is 0. The van der Waals surface area contributed by atoms with Gasteiger partial charge in [0.25, 0.3) is 0 Å². The van der Waals surface area contributed by atoms with Crippen LogP contribution in [0.1, 0.15) is 37.7 Å². The van der Waals surface area contributed by atoms with E-state index in [2.05, 4.69) is 27.3 Å². The van der Waals surface area contributed by atoms with Crippen LogP contribution in [0.5, 0.6) is 0 Å². The second kappa shape index (κ2) is 7.20. The predicted octanol–water partition coefficient (Wildman–Crippen LogP) is 2.39. The Morgan fingerprint density at radius 2 is 1.96 bits per heavy atom. The highest BCUT2D eigenvalue weighted by Crippen LogP contribution is 2.39. The largest absolute Gasteiger partial charge is 0.381 e. The van der Waals surface area contributed by atoms with E-state index in [1.807, 2.05) is 11.1 Å². The van der Waals surface area contributed by atoms with Crippen LogP contribution in [0.2, 0.25) is 0 Å². The Morgan fingerprint density at radius 3 is 2.68 bits per heavy atom. The van der Waals surface area contributed by atoms with Gasteiger partial charge in [0, 0.05) is 52.1 Å². The molecule has 3 fully saturated rings. The third-order valence-electron chi connectivity index (χ3n) is 5.96. The van der Waals surface area contributed by atoms with Crippen molar-refractivity contribution < 1.29 is 9.53 Å². The Balaban J connectivity index is 1.27. The van der Waals surface area contributed by atoms with Gasteiger partial charge in [-0.25, -0.2) is 9.78 Å². The number of urea groups is 1. The zero-order valence-electron chi connectivity index (χ0n) is 14.9. The van der Waals surface area contributed by atoms with Crippen LogP contribution < -0.4 is 10.2 Å². The van der Waals surface area contributed by atoms with E-state index in [4.69, 9.17) is 4.74 Å². The van der Waals surface area contributed by atoms with Crippen LogP contribution in [-0.4, -0.2) is 55.3 Å². The predicted molar refractivity (Wildman–Crippen MR) is 96.6 cm³/mol. The van der Waals surface area contributed by atoms with Gasteiger partial charge in [-0.2, -0.15) is 0 Å². The lowest BCUT2D eigenvalue weighted by atomic mass is 9.80. The average Bonchev–Trinajstić information content (AvgIpc) is 3.32. The Kier molecular flexibility index (Phi) is 4.79. The van der Waals surface area contributed by atoms with E-state index in [0.29, 0.717) is 12.0 Å². The molecule has 1 spiro atoms. The fourth-order valence-electron chi connectivity index (χ4n) is 4.27. The molecular formula is C19H28N4O2. The number of nitrogens with zero attached hydrogens (tertiary/aromatic N) is 3. The summed E-state index contributed by atoms with van der Waals surface area (Å²) in [4.78, 5) is 21.3. The smallest absolute Gasteiger partial charge is 0.317 e. The highest BCUT2D eigenvalue weighted by molar-refractivity contribution is 5.74. The Morgan fingerprint density at radius 1 is 1.16 bits per heavy atom. The monoisotopic (exact) mass is 344 g/mol. The topological polar surface area (TPSA) is 57.7 Å². The number of anilines is 1. The number of carbonyl (C=O) groups excluding carboxylic acids is 1. The van der Waals surface area contributed by atoms with E-state index in [1.165, 1.54) is 12.8 Å². The van der Waals surface area contributed by atoms with Crippen molar-refractivity contribution >= 4 is 11.8 Å². The number of amides is 2. The number of likely N-dealkylation sites (tertiary alicyclic amines) is 1. The van der Waals surface area contributed by atoms with Gasteiger partial charge in [-0.3, -0.25) is 0 Å². The minimum absolute atomic E-state index is 0.0481. The van der Waals surface area contributed by atoms with Crippen LogP contribution in [0.3, 0.4) is 0 Å². The van der Waals surface area contributed by atoms with E-state index >= 15 is 0 Å². The van der Waals surface area contributed by atoms with Gasteiger partial charge >= 0.3 is 6.03 Å². The number of ether oxygens (including phenoxy) is 1. The first kappa shape index (κ1) is 16.6. The lowest BCUT2D eigenvalue weighted by Gasteiger charge is -2.33. The maximum Gasteiger partial charge on any atom is 0.317 e. The van der Waals surface area contributed by atoms with Gasteiger partial charge in [-0.1, -0.05) is 6.07 Å². The molecular weight excluding hydrogens is 316 g/mol. The van der Waals surface area contributed by atoms with E-state index in [-0.39, 0.29) is 6.03 Å². The van der Waals surface area contributed by atoms with Crippen molar-refractivity contribution in [3.63, 3.8) is 0 Å². The van der Waals surface area contributed by atoms with Gasteiger partial charge in [0.15, 0.2) is 0 Å². The quantitative estimate of drug-likeness (QED) is 0.915. The summed E-state index contributed by atoms with van der Waals surface area (Å²) >= 11 is 0. The van der Waals surface area contributed by atoms with E-state index in [0.717, 1.165) is 70.0 Å². The van der Waals surface area contributed by atoms with Crippen LogP contribution >= 0.6 is 0 Å². The first-order chi connectivity index (χ1) is 12.2. The second-order valence-corrected chi connectivity index (χ2v) is 7.66. The third kappa shape index (κ3) is 3.73. The standard InChI is InChI=1S/C19H28N4O2/c24-18(23-10-5-19(15-23)6-11-25-12-7-19)21-14-16-3-4-17(20-13-16)22-8-1-2-9-22/h3-4,13H,1-2,5-12,14-15H2,(H,21,24). The Bertz CT molecular complexity index is 592. The maximum atomic E-state index is 12.5. The van der Waals surface area contributed by atoms with E-state index < -0.39 is 0 Å². The van der Waals surface area contributed by atoms with Crippen molar-refractivity contribution in [1.29, 1.82) is 0 Å². The summed E-state index contributed by atoms with van der Waals surface area (Å²) in [5.41, 5.74) is 1.35. The van der Waals surface area contributed by atoms with Crippen molar-refractivity contribution in [2.24, 2.45) is 5.41 Å². The minimum Gasteiger partial charge on any atom is -0.381 e. The van der Waals surface area contributed by atoms with Crippen molar-refractivity contribution in [3.8, 4) is 0 Å². The molecule has 25 heavy (non-hydrogen) atoms. The average molecular weight is 344 g/mol. The molecule has 136 valence electrons. The van der Waals surface area contributed by atoms with Gasteiger partial charge in [0.2, 0.25) is 0 Å². The zero-order chi connectivity index (χ0) is 17.1. The van der Waals surface area contributed by atoms with Crippen LogP contribution in [0, 0.1) is 5.41 Å². The summed E-state index contributed by atoms with van der Waals surface area (Å²) in [6.07, 6.45) is 7.66. The molecule has 2 amide bonds. The first-order valence-corrected chi connectivity index (χ1v) is 9.55. The molecule has 0 atom stereocenters. The van der Waals surface area contributed by atoms with Crippen molar-refractivity contribution in [2.75, 3.05) is 44.3 Å². The summed E-state index contributed by atoms with van der Waals surface area (Å²) in [5, 5.41) is 3.05. The molecule has 0 unspecified atom stereocenters. The van der Waals surface area contributed by atoms with E-state index in [1.54, 1.807) is 0 Å². The van der Waals surface area contributed by atoms with Crippen molar-refractivity contribution in [3.05, 3.63) is 23.9 Å². The molecule has 0 bridgehead atoms. The first-order valence-electron chi connectivity index (χ1n) is 9.55. The molecule has 1 aromatic rings. The molecule has 0 aliphatic carbocycles. The molecule has 0 saturated carbocycles. The molecule has 3 aliphatic rings. The fraction of sp³-hybridized carbons (Fsp3) is 0.684. The summed E-state index contributed by atoms with van der Waals surface area (Å²) < 4.78 is 5.47. The highest BCUT2D eigenvalue weighted by Gasteiger charge is 2.40. The van der Waals surface area contributed by atoms with Crippen LogP contribution in [0.25, 0.3) is 0 Å². The molecule has 0 aromatic carbocycles. The third-order valence-corrected chi connectivity index (χ3v) is 5.96. The molecule has 4 heterocycles. The summed E-state index contributed by atoms with van der Waals surface area (Å²) in [5.74, 6) is 1.05. The number of pyridine rings is 1. The summed E-state index contributed by atoms with van der Waals surface area (Å²) in [6.45, 7) is 6.15. The number of aromatic nitrogens is 1. The number of nitrogens with one attached hydrogen (secondary N) is 1. The SMILES string of the molecule is O=C(NCc1ccc(N2CCCC2)nc1)N1CCC2(CCOCC2)C1. The number of hydrogen-bond acceptors (Lipinski definition) is 4. The van der Waals surface area contributed by atoms with Gasteiger partial charge in [-0.15, -0.1) is 0 Å². The highest BCUT2D eigenvalue weighted by atomic mass is 16.5.